The fourth-order valence-electron chi connectivity index (χ4n) is 3.39. The molecule has 146 valence electrons. The number of rotatable bonds is 7. The molecular weight excluding hydrogens is 364 g/mol. The van der Waals surface area contributed by atoms with Gasteiger partial charge in [0.05, 0.1) is 25.6 Å². The molecule has 0 amide bonds. The van der Waals surface area contributed by atoms with Crippen LogP contribution in [0.2, 0.25) is 0 Å². The third-order valence-corrected chi connectivity index (χ3v) is 5.26. The highest BCUT2D eigenvalue weighted by molar-refractivity contribution is 7.86. The van der Waals surface area contributed by atoms with Crippen LogP contribution in [0.15, 0.2) is 48.5 Å². The molecule has 1 aliphatic rings. The fraction of sp³-hybridized carbons (Fsp3) is 0.429. The summed E-state index contributed by atoms with van der Waals surface area (Å²) in [5.74, 6) is 1.20. The number of aryl methyl sites for hydroxylation is 1. The summed E-state index contributed by atoms with van der Waals surface area (Å²) < 4.78 is 38.7. The molecule has 1 saturated heterocycles. The van der Waals surface area contributed by atoms with Crippen molar-refractivity contribution in [3.63, 3.8) is 0 Å². The molecule has 0 spiro atoms. The first-order chi connectivity index (χ1) is 12.9. The van der Waals surface area contributed by atoms with Crippen molar-refractivity contribution in [1.82, 2.24) is 0 Å². The Balaban J connectivity index is 1.53. The fourth-order valence-corrected chi connectivity index (χ4v) is 3.85. The van der Waals surface area contributed by atoms with Gasteiger partial charge in [-0.1, -0.05) is 24.3 Å². The maximum absolute atomic E-state index is 11.2. The van der Waals surface area contributed by atoms with E-state index in [0.717, 1.165) is 49.7 Å². The zero-order valence-corrected chi connectivity index (χ0v) is 16.6. The van der Waals surface area contributed by atoms with E-state index >= 15 is 0 Å². The zero-order chi connectivity index (χ0) is 19.3. The molecule has 0 saturated carbocycles. The first kappa shape index (κ1) is 19.7. The standard InChI is InChI=1S/C21H26O5S/c1-24-18-14-9-17(10-15-18)21-5-3-4-19(25-21)11-6-16-7-12-20(13-8-16)26-27(2,22)23/h7-10,12-15,19,21H,3-6,11H2,1-2H3/t19-,21-/m0/s1. The Hall–Kier alpha value is -2.05. The van der Waals surface area contributed by atoms with Gasteiger partial charge in [-0.15, -0.1) is 0 Å². The first-order valence-corrected chi connectivity index (χ1v) is 11.0. The summed E-state index contributed by atoms with van der Waals surface area (Å²) in [6, 6.07) is 15.3. The number of hydrogen-bond donors (Lipinski definition) is 0. The second kappa shape index (κ2) is 8.76. The largest absolute Gasteiger partial charge is 0.497 e. The van der Waals surface area contributed by atoms with Crippen LogP contribution in [-0.4, -0.2) is 27.9 Å². The summed E-state index contributed by atoms with van der Waals surface area (Å²) in [4.78, 5) is 0. The minimum absolute atomic E-state index is 0.139. The van der Waals surface area contributed by atoms with Gasteiger partial charge in [0.25, 0.3) is 0 Å². The van der Waals surface area contributed by atoms with Crippen LogP contribution in [0.4, 0.5) is 0 Å². The molecule has 3 rings (SSSR count). The number of benzene rings is 2. The molecular formula is C21H26O5S. The van der Waals surface area contributed by atoms with Crippen molar-refractivity contribution in [2.24, 2.45) is 0 Å². The Morgan fingerprint density at radius 3 is 2.30 bits per heavy atom. The molecule has 0 aromatic heterocycles. The molecule has 2 atom stereocenters. The van der Waals surface area contributed by atoms with Crippen LogP contribution in [0.3, 0.4) is 0 Å². The Morgan fingerprint density at radius 2 is 1.67 bits per heavy atom. The summed E-state index contributed by atoms with van der Waals surface area (Å²) in [6.07, 6.45) is 6.52. The highest BCUT2D eigenvalue weighted by Gasteiger charge is 2.23. The SMILES string of the molecule is COc1ccc([C@@H]2CCC[C@@H](CCc3ccc(OS(C)(=O)=O)cc3)O2)cc1. The van der Waals surface area contributed by atoms with Gasteiger partial charge in [0.15, 0.2) is 0 Å². The van der Waals surface area contributed by atoms with Crippen LogP contribution in [0, 0.1) is 0 Å². The van der Waals surface area contributed by atoms with E-state index in [1.165, 1.54) is 5.56 Å². The van der Waals surface area contributed by atoms with Gasteiger partial charge in [-0.05, 0) is 67.5 Å². The van der Waals surface area contributed by atoms with Crippen molar-refractivity contribution < 1.29 is 22.1 Å². The van der Waals surface area contributed by atoms with E-state index < -0.39 is 10.1 Å². The lowest BCUT2D eigenvalue weighted by Gasteiger charge is -2.30. The molecule has 0 unspecified atom stereocenters. The van der Waals surface area contributed by atoms with E-state index in [1.54, 1.807) is 19.2 Å². The topological polar surface area (TPSA) is 61.8 Å². The Labute approximate surface area is 161 Å². The summed E-state index contributed by atoms with van der Waals surface area (Å²) in [5, 5.41) is 0. The molecule has 0 bridgehead atoms. The molecule has 0 radical (unpaired) electrons. The van der Waals surface area contributed by atoms with Gasteiger partial charge in [0.1, 0.15) is 11.5 Å². The Kier molecular flexibility index (Phi) is 6.39. The van der Waals surface area contributed by atoms with Crippen molar-refractivity contribution in [3.8, 4) is 11.5 Å². The van der Waals surface area contributed by atoms with Crippen molar-refractivity contribution in [1.29, 1.82) is 0 Å². The van der Waals surface area contributed by atoms with Gasteiger partial charge < -0.3 is 13.7 Å². The maximum Gasteiger partial charge on any atom is 0.306 e. The molecule has 6 heteroatoms. The van der Waals surface area contributed by atoms with Crippen molar-refractivity contribution in [2.75, 3.05) is 13.4 Å². The lowest BCUT2D eigenvalue weighted by atomic mass is 9.95. The lowest BCUT2D eigenvalue weighted by molar-refractivity contribution is -0.0546. The Morgan fingerprint density at radius 1 is 1.00 bits per heavy atom. The molecule has 27 heavy (non-hydrogen) atoms. The predicted octanol–water partition coefficient (Wildman–Crippen LogP) is 4.28. The van der Waals surface area contributed by atoms with Gasteiger partial charge in [0, 0.05) is 0 Å². The quantitative estimate of drug-likeness (QED) is 0.661. The molecule has 1 aliphatic heterocycles. The monoisotopic (exact) mass is 390 g/mol. The molecule has 1 heterocycles. The molecule has 2 aromatic rings. The minimum atomic E-state index is -3.48. The molecule has 1 fully saturated rings. The number of hydrogen-bond acceptors (Lipinski definition) is 5. The van der Waals surface area contributed by atoms with Crippen molar-refractivity contribution in [3.05, 3.63) is 59.7 Å². The van der Waals surface area contributed by atoms with E-state index in [4.69, 9.17) is 13.7 Å². The summed E-state index contributed by atoms with van der Waals surface area (Å²) in [5.41, 5.74) is 2.34. The zero-order valence-electron chi connectivity index (χ0n) is 15.8. The average molecular weight is 391 g/mol. The van der Waals surface area contributed by atoms with Crippen LogP contribution < -0.4 is 8.92 Å². The highest BCUT2D eigenvalue weighted by Crippen LogP contribution is 2.33. The van der Waals surface area contributed by atoms with Crippen LogP contribution in [0.25, 0.3) is 0 Å². The van der Waals surface area contributed by atoms with Crippen LogP contribution in [0.5, 0.6) is 11.5 Å². The predicted molar refractivity (Wildman–Crippen MR) is 105 cm³/mol. The summed E-state index contributed by atoms with van der Waals surface area (Å²) >= 11 is 0. The van der Waals surface area contributed by atoms with Gasteiger partial charge in [-0.3, -0.25) is 0 Å². The molecule has 5 nitrogen and oxygen atoms in total. The van der Waals surface area contributed by atoms with Gasteiger partial charge >= 0.3 is 10.1 Å². The second-order valence-corrected chi connectivity index (χ2v) is 8.50. The average Bonchev–Trinajstić information content (AvgIpc) is 2.66. The van der Waals surface area contributed by atoms with Gasteiger partial charge in [0.2, 0.25) is 0 Å². The normalized spacial score (nSPS) is 20.2. The van der Waals surface area contributed by atoms with Crippen LogP contribution >= 0.6 is 0 Å². The first-order valence-electron chi connectivity index (χ1n) is 9.21. The lowest BCUT2D eigenvalue weighted by Crippen LogP contribution is -2.23. The van der Waals surface area contributed by atoms with E-state index in [9.17, 15) is 8.42 Å². The molecule has 0 aliphatic carbocycles. The third kappa shape index (κ3) is 5.97. The summed E-state index contributed by atoms with van der Waals surface area (Å²) in [7, 11) is -1.82. The molecule has 0 N–H and O–H groups in total. The van der Waals surface area contributed by atoms with Gasteiger partial charge in [-0.25, -0.2) is 0 Å². The van der Waals surface area contributed by atoms with E-state index in [0.29, 0.717) is 5.75 Å². The highest BCUT2D eigenvalue weighted by atomic mass is 32.2. The molecule has 2 aromatic carbocycles. The Bertz CT molecular complexity index is 828. The van der Waals surface area contributed by atoms with Crippen LogP contribution in [-0.2, 0) is 21.3 Å². The van der Waals surface area contributed by atoms with E-state index in [2.05, 4.69) is 12.1 Å². The van der Waals surface area contributed by atoms with Crippen molar-refractivity contribution >= 4 is 10.1 Å². The second-order valence-electron chi connectivity index (χ2n) is 6.92. The smallest absolute Gasteiger partial charge is 0.306 e. The number of methoxy groups -OCH3 is 1. The maximum atomic E-state index is 11.2. The number of ether oxygens (including phenoxy) is 2. The van der Waals surface area contributed by atoms with E-state index in [1.807, 2.05) is 24.3 Å². The van der Waals surface area contributed by atoms with Gasteiger partial charge in [-0.2, -0.15) is 8.42 Å². The minimum Gasteiger partial charge on any atom is -0.497 e. The van der Waals surface area contributed by atoms with Crippen LogP contribution in [0.1, 0.15) is 42.9 Å². The summed E-state index contributed by atoms with van der Waals surface area (Å²) in [6.45, 7) is 0. The van der Waals surface area contributed by atoms with Crippen molar-refractivity contribution in [2.45, 2.75) is 44.3 Å². The van der Waals surface area contributed by atoms with E-state index in [-0.39, 0.29) is 12.2 Å². The third-order valence-electron chi connectivity index (χ3n) is 4.76.